The Morgan fingerprint density at radius 3 is 2.46 bits per heavy atom. The SMILES string of the molecule is CC(C)Cc1ccc(S(=O)(=O)N2CCN(Cc3cc(=O)n4nc(-c5cccs5)sc4n3)CC2)cc1. The van der Waals surface area contributed by atoms with Crippen LogP contribution in [0.4, 0.5) is 0 Å². The van der Waals surface area contributed by atoms with E-state index in [0.717, 1.165) is 21.9 Å². The Hall–Kier alpha value is -2.44. The van der Waals surface area contributed by atoms with Gasteiger partial charge in [0, 0.05) is 38.8 Å². The van der Waals surface area contributed by atoms with Gasteiger partial charge in [-0.05, 0) is 41.5 Å². The molecule has 35 heavy (non-hydrogen) atoms. The minimum atomic E-state index is -3.53. The monoisotopic (exact) mass is 529 g/mol. The molecule has 0 N–H and O–H groups in total. The molecule has 0 unspecified atom stereocenters. The third kappa shape index (κ3) is 5.24. The van der Waals surface area contributed by atoms with Crippen molar-refractivity contribution in [1.29, 1.82) is 0 Å². The number of hydrogen-bond donors (Lipinski definition) is 0. The number of sulfonamides is 1. The molecule has 0 saturated carbocycles. The molecule has 3 aromatic heterocycles. The van der Waals surface area contributed by atoms with Crippen molar-refractivity contribution in [1.82, 2.24) is 23.8 Å². The Bertz CT molecular complexity index is 1470. The van der Waals surface area contributed by atoms with Crippen molar-refractivity contribution < 1.29 is 8.42 Å². The summed E-state index contributed by atoms with van der Waals surface area (Å²) in [5, 5.41) is 7.16. The van der Waals surface area contributed by atoms with Gasteiger partial charge in [-0.15, -0.1) is 11.3 Å². The Kier molecular flexibility index (Phi) is 6.86. The van der Waals surface area contributed by atoms with Gasteiger partial charge >= 0.3 is 0 Å². The van der Waals surface area contributed by atoms with Crippen molar-refractivity contribution >= 4 is 37.7 Å². The molecular weight excluding hydrogens is 502 g/mol. The summed E-state index contributed by atoms with van der Waals surface area (Å²) in [5.41, 5.74) is 1.62. The second-order valence-corrected chi connectivity index (χ2v) is 12.9. The van der Waals surface area contributed by atoms with Crippen molar-refractivity contribution in [2.45, 2.75) is 31.7 Å². The molecule has 0 aliphatic carbocycles. The third-order valence-corrected chi connectivity index (χ3v) is 9.81. The third-order valence-electron chi connectivity index (χ3n) is 5.95. The fourth-order valence-electron chi connectivity index (χ4n) is 4.21. The first kappa shape index (κ1) is 24.3. The molecule has 0 radical (unpaired) electrons. The molecule has 8 nitrogen and oxygen atoms in total. The predicted molar refractivity (Wildman–Crippen MR) is 139 cm³/mol. The van der Waals surface area contributed by atoms with E-state index in [2.05, 4.69) is 28.8 Å². The van der Waals surface area contributed by atoms with Gasteiger partial charge in [0.05, 0.1) is 15.5 Å². The average molecular weight is 530 g/mol. The molecule has 1 aliphatic heterocycles. The molecule has 1 aromatic carbocycles. The molecule has 1 fully saturated rings. The first-order valence-corrected chi connectivity index (χ1v) is 14.7. The summed E-state index contributed by atoms with van der Waals surface area (Å²) in [7, 11) is -3.53. The average Bonchev–Trinajstić information content (AvgIpc) is 3.50. The fraction of sp³-hybridized carbons (Fsp3) is 0.375. The van der Waals surface area contributed by atoms with Crippen molar-refractivity contribution in [2.24, 2.45) is 5.92 Å². The van der Waals surface area contributed by atoms with E-state index in [0.29, 0.717) is 54.2 Å². The zero-order valence-corrected chi connectivity index (χ0v) is 22.1. The topological polar surface area (TPSA) is 87.9 Å². The van der Waals surface area contributed by atoms with Gasteiger partial charge in [-0.25, -0.2) is 13.4 Å². The van der Waals surface area contributed by atoms with E-state index in [9.17, 15) is 13.2 Å². The van der Waals surface area contributed by atoms with E-state index in [1.165, 1.54) is 21.9 Å². The lowest BCUT2D eigenvalue weighted by Gasteiger charge is -2.33. The van der Waals surface area contributed by atoms with Crippen LogP contribution in [0.5, 0.6) is 0 Å². The highest BCUT2D eigenvalue weighted by Crippen LogP contribution is 2.28. The number of rotatable bonds is 7. The van der Waals surface area contributed by atoms with Gasteiger partial charge in [-0.1, -0.05) is 43.4 Å². The number of fused-ring (bicyclic) bond motifs is 1. The number of piperazine rings is 1. The predicted octanol–water partition coefficient (Wildman–Crippen LogP) is 3.58. The Labute approximate surface area is 212 Å². The quantitative estimate of drug-likeness (QED) is 0.364. The minimum absolute atomic E-state index is 0.203. The first-order chi connectivity index (χ1) is 16.8. The van der Waals surface area contributed by atoms with Crippen LogP contribution in [0, 0.1) is 5.92 Å². The standard InChI is InChI=1S/C24H27N5O3S3/c1-17(2)14-18-5-7-20(8-6-18)35(31,32)28-11-9-27(10-12-28)16-19-15-22(30)29-24(25-19)34-23(26-29)21-4-3-13-33-21/h3-8,13,15,17H,9-12,14,16H2,1-2H3. The molecule has 4 heterocycles. The lowest BCUT2D eigenvalue weighted by atomic mass is 10.0. The number of thiophene rings is 1. The van der Waals surface area contributed by atoms with Crippen LogP contribution in [0.15, 0.2) is 57.5 Å². The number of aromatic nitrogens is 3. The minimum Gasteiger partial charge on any atom is -0.295 e. The van der Waals surface area contributed by atoms with Gasteiger partial charge in [0.15, 0.2) is 5.01 Å². The van der Waals surface area contributed by atoms with Gasteiger partial charge in [0.25, 0.3) is 5.56 Å². The van der Waals surface area contributed by atoms with E-state index in [1.54, 1.807) is 27.8 Å². The maximum absolute atomic E-state index is 13.1. The van der Waals surface area contributed by atoms with Crippen LogP contribution >= 0.6 is 22.7 Å². The summed E-state index contributed by atoms with van der Waals surface area (Å²) in [5.74, 6) is 0.524. The summed E-state index contributed by atoms with van der Waals surface area (Å²) < 4.78 is 29.1. The van der Waals surface area contributed by atoms with Gasteiger partial charge in [0.2, 0.25) is 15.0 Å². The number of benzene rings is 1. The highest BCUT2D eigenvalue weighted by Gasteiger charge is 2.28. The maximum Gasteiger partial charge on any atom is 0.275 e. The zero-order chi connectivity index (χ0) is 24.6. The molecule has 5 rings (SSSR count). The molecular formula is C24H27N5O3S3. The van der Waals surface area contributed by atoms with Crippen molar-refractivity contribution in [2.75, 3.05) is 26.2 Å². The summed E-state index contributed by atoms with van der Waals surface area (Å²) >= 11 is 2.97. The Morgan fingerprint density at radius 2 is 1.80 bits per heavy atom. The van der Waals surface area contributed by atoms with Crippen LogP contribution in [0.3, 0.4) is 0 Å². The summed E-state index contributed by atoms with van der Waals surface area (Å²) in [6, 6.07) is 12.7. The van der Waals surface area contributed by atoms with Gasteiger partial charge in [0.1, 0.15) is 0 Å². The van der Waals surface area contributed by atoms with Gasteiger partial charge in [-0.3, -0.25) is 9.69 Å². The molecule has 4 aromatic rings. The van der Waals surface area contributed by atoms with Crippen LogP contribution in [0.1, 0.15) is 25.1 Å². The number of nitrogens with zero attached hydrogens (tertiary/aromatic N) is 5. The smallest absolute Gasteiger partial charge is 0.275 e. The van der Waals surface area contributed by atoms with Gasteiger partial charge in [-0.2, -0.15) is 13.9 Å². The lowest BCUT2D eigenvalue weighted by molar-refractivity contribution is 0.180. The summed E-state index contributed by atoms with van der Waals surface area (Å²) in [6.45, 7) is 6.75. The van der Waals surface area contributed by atoms with Crippen molar-refractivity contribution in [3.63, 3.8) is 0 Å². The van der Waals surface area contributed by atoms with E-state index < -0.39 is 10.0 Å². The normalized spacial score (nSPS) is 15.9. The molecule has 0 amide bonds. The maximum atomic E-state index is 13.1. The van der Waals surface area contributed by atoms with Crippen LogP contribution in [-0.2, 0) is 23.0 Å². The second kappa shape index (κ2) is 9.90. The van der Waals surface area contributed by atoms with Crippen LogP contribution in [-0.4, -0.2) is 58.4 Å². The van der Waals surface area contributed by atoms with E-state index in [4.69, 9.17) is 0 Å². The molecule has 184 valence electrons. The number of hydrogen-bond acceptors (Lipinski definition) is 8. The zero-order valence-electron chi connectivity index (χ0n) is 19.6. The highest BCUT2D eigenvalue weighted by atomic mass is 32.2. The highest BCUT2D eigenvalue weighted by molar-refractivity contribution is 7.89. The first-order valence-electron chi connectivity index (χ1n) is 11.5. The van der Waals surface area contributed by atoms with Gasteiger partial charge < -0.3 is 0 Å². The van der Waals surface area contributed by atoms with Crippen molar-refractivity contribution in [3.05, 3.63) is 69.5 Å². The lowest BCUT2D eigenvalue weighted by Crippen LogP contribution is -2.48. The van der Waals surface area contributed by atoms with Crippen LogP contribution in [0.25, 0.3) is 14.8 Å². The van der Waals surface area contributed by atoms with Crippen LogP contribution in [0.2, 0.25) is 0 Å². The van der Waals surface area contributed by atoms with E-state index in [1.807, 2.05) is 29.6 Å². The molecule has 0 spiro atoms. The largest absolute Gasteiger partial charge is 0.295 e. The molecule has 1 saturated heterocycles. The molecule has 11 heteroatoms. The van der Waals surface area contributed by atoms with Crippen molar-refractivity contribution in [3.8, 4) is 9.88 Å². The Balaban J connectivity index is 1.24. The molecule has 0 atom stereocenters. The molecule has 0 bridgehead atoms. The van der Waals surface area contributed by atoms with E-state index >= 15 is 0 Å². The Morgan fingerprint density at radius 1 is 1.06 bits per heavy atom. The summed E-state index contributed by atoms with van der Waals surface area (Å²) in [4.78, 5) is 21.3. The van der Waals surface area contributed by atoms with E-state index in [-0.39, 0.29) is 5.56 Å². The fourth-order valence-corrected chi connectivity index (χ4v) is 7.35. The second-order valence-electron chi connectivity index (χ2n) is 9.09. The van der Waals surface area contributed by atoms with Crippen LogP contribution < -0.4 is 5.56 Å². The molecule has 1 aliphatic rings. The summed E-state index contributed by atoms with van der Waals surface area (Å²) in [6.07, 6.45) is 0.930.